The number of halogens is 5. The molecule has 1 unspecified atom stereocenters. The minimum atomic E-state index is -4.51. The van der Waals surface area contributed by atoms with E-state index in [-0.39, 0.29) is 24.2 Å². The molecule has 0 aliphatic carbocycles. The first-order valence-electron chi connectivity index (χ1n) is 10.4. The Balaban J connectivity index is 1.55. The van der Waals surface area contributed by atoms with Gasteiger partial charge in [0.1, 0.15) is 5.82 Å². The summed E-state index contributed by atoms with van der Waals surface area (Å²) in [6.45, 7) is -0.0679. The lowest BCUT2D eigenvalue weighted by atomic mass is 10.0. The van der Waals surface area contributed by atoms with Crippen molar-refractivity contribution in [2.24, 2.45) is 5.16 Å². The van der Waals surface area contributed by atoms with Gasteiger partial charge in [0, 0.05) is 23.6 Å². The highest BCUT2D eigenvalue weighted by atomic mass is 35.5. The lowest BCUT2D eigenvalue weighted by molar-refractivity contribution is -0.137. The Morgan fingerprint density at radius 1 is 1.06 bits per heavy atom. The number of nitrogens with zero attached hydrogens (tertiary/aromatic N) is 2. The van der Waals surface area contributed by atoms with E-state index >= 15 is 0 Å². The van der Waals surface area contributed by atoms with Crippen molar-refractivity contribution >= 4 is 23.2 Å². The van der Waals surface area contributed by atoms with E-state index < -0.39 is 29.6 Å². The Morgan fingerprint density at radius 2 is 1.79 bits per heavy atom. The number of alkyl halides is 3. The summed E-state index contributed by atoms with van der Waals surface area (Å²) in [5.74, 6) is -1.12. The van der Waals surface area contributed by atoms with Gasteiger partial charge in [-0.05, 0) is 53.6 Å². The highest BCUT2D eigenvalue weighted by molar-refractivity contribution is 6.30. The van der Waals surface area contributed by atoms with Gasteiger partial charge in [-0.25, -0.2) is 4.39 Å². The minimum absolute atomic E-state index is 0.0478. The molecule has 0 N–H and O–H groups in total. The highest BCUT2D eigenvalue weighted by Crippen LogP contribution is 2.30. The molecular weight excluding hydrogens is 472 g/mol. The number of hydrogen-bond acceptors (Lipinski definition) is 3. The lowest BCUT2D eigenvalue weighted by Gasteiger charge is -2.25. The van der Waals surface area contributed by atoms with Gasteiger partial charge in [-0.2, -0.15) is 13.2 Å². The molecule has 4 nitrogen and oxygen atoms in total. The van der Waals surface area contributed by atoms with Gasteiger partial charge < -0.3 is 9.74 Å². The van der Waals surface area contributed by atoms with Crippen LogP contribution in [-0.4, -0.2) is 29.2 Å². The maximum atomic E-state index is 13.7. The van der Waals surface area contributed by atoms with Crippen LogP contribution in [0.25, 0.3) is 0 Å². The molecular formula is C25H19ClF4N2O2. The van der Waals surface area contributed by atoms with Crippen molar-refractivity contribution in [3.05, 3.63) is 106 Å². The van der Waals surface area contributed by atoms with Crippen LogP contribution < -0.4 is 0 Å². The first-order valence-corrected chi connectivity index (χ1v) is 10.8. The molecule has 1 aliphatic heterocycles. The highest BCUT2D eigenvalue weighted by Gasteiger charge is 2.31. The SMILES string of the molecule is O=C(c1cccc(F)c1)N(Cc1cccc(C(F)(F)F)c1)CC1CC(c2ccc(Cl)cc2)=NO1. The summed E-state index contributed by atoms with van der Waals surface area (Å²) in [6, 6.07) is 17.0. The van der Waals surface area contributed by atoms with Gasteiger partial charge in [-0.3, -0.25) is 4.79 Å². The van der Waals surface area contributed by atoms with Crippen LogP contribution in [0.1, 0.15) is 33.5 Å². The molecule has 0 fully saturated rings. The van der Waals surface area contributed by atoms with Crippen molar-refractivity contribution in [3.63, 3.8) is 0 Å². The molecule has 4 rings (SSSR count). The summed E-state index contributed by atoms with van der Waals surface area (Å²) >= 11 is 5.92. The molecule has 1 heterocycles. The Kier molecular flexibility index (Phi) is 6.88. The van der Waals surface area contributed by atoms with E-state index in [4.69, 9.17) is 16.4 Å². The maximum absolute atomic E-state index is 13.7. The van der Waals surface area contributed by atoms with Crippen molar-refractivity contribution in [2.45, 2.75) is 25.2 Å². The fraction of sp³-hybridized carbons (Fsp3) is 0.200. The zero-order valence-electron chi connectivity index (χ0n) is 17.7. The molecule has 176 valence electrons. The summed E-state index contributed by atoms with van der Waals surface area (Å²) in [4.78, 5) is 20.0. The molecule has 0 aromatic heterocycles. The fourth-order valence-electron chi connectivity index (χ4n) is 3.67. The Morgan fingerprint density at radius 3 is 2.50 bits per heavy atom. The zero-order chi connectivity index (χ0) is 24.3. The third-order valence-corrected chi connectivity index (χ3v) is 5.57. The molecule has 0 spiro atoms. The van der Waals surface area contributed by atoms with Crippen LogP contribution in [-0.2, 0) is 17.6 Å². The van der Waals surface area contributed by atoms with E-state index in [1.165, 1.54) is 35.2 Å². The van der Waals surface area contributed by atoms with Gasteiger partial charge in [0.15, 0.2) is 6.10 Å². The number of hydrogen-bond donors (Lipinski definition) is 0. The van der Waals surface area contributed by atoms with Gasteiger partial charge in [0.05, 0.1) is 17.8 Å². The van der Waals surface area contributed by atoms with Crippen LogP contribution in [0.3, 0.4) is 0 Å². The summed E-state index contributed by atoms with van der Waals surface area (Å²) in [7, 11) is 0. The number of amides is 1. The van der Waals surface area contributed by atoms with Crippen LogP contribution in [0.2, 0.25) is 5.02 Å². The molecule has 1 atom stereocenters. The van der Waals surface area contributed by atoms with Gasteiger partial charge in [-0.1, -0.05) is 47.1 Å². The van der Waals surface area contributed by atoms with Crippen LogP contribution in [0.15, 0.2) is 78.0 Å². The smallest absolute Gasteiger partial charge is 0.390 e. The van der Waals surface area contributed by atoms with Gasteiger partial charge in [-0.15, -0.1) is 0 Å². The monoisotopic (exact) mass is 490 g/mol. The Labute approximate surface area is 198 Å². The van der Waals surface area contributed by atoms with Gasteiger partial charge in [0.25, 0.3) is 5.91 Å². The average molecular weight is 491 g/mol. The van der Waals surface area contributed by atoms with Crippen molar-refractivity contribution in [2.75, 3.05) is 6.54 Å². The molecule has 1 aliphatic rings. The quantitative estimate of drug-likeness (QED) is 0.379. The van der Waals surface area contributed by atoms with Crippen molar-refractivity contribution in [3.8, 4) is 0 Å². The fourth-order valence-corrected chi connectivity index (χ4v) is 3.80. The minimum Gasteiger partial charge on any atom is -0.390 e. The largest absolute Gasteiger partial charge is 0.416 e. The molecule has 9 heteroatoms. The predicted molar refractivity (Wildman–Crippen MR) is 120 cm³/mol. The standard InChI is InChI=1S/C25H19ClF4N2O2/c26-20-9-7-17(8-10-20)23-13-22(34-31-23)15-32(24(33)18-4-2-6-21(27)12-18)14-16-3-1-5-19(11-16)25(28,29)30/h1-12,22H,13-15H2. The molecule has 0 bridgehead atoms. The molecule has 3 aromatic carbocycles. The second-order valence-electron chi connectivity index (χ2n) is 7.87. The third kappa shape index (κ3) is 5.75. The van der Waals surface area contributed by atoms with E-state index in [0.29, 0.717) is 17.2 Å². The lowest BCUT2D eigenvalue weighted by Crippen LogP contribution is -2.37. The molecule has 0 saturated carbocycles. The first kappa shape index (κ1) is 23.8. The number of rotatable bonds is 6. The van der Waals surface area contributed by atoms with Crippen LogP contribution in [0, 0.1) is 5.82 Å². The topological polar surface area (TPSA) is 41.9 Å². The summed E-state index contributed by atoms with van der Waals surface area (Å²) in [6.07, 6.45) is -4.64. The number of benzene rings is 3. The predicted octanol–water partition coefficient (Wildman–Crippen LogP) is 6.33. The first-order chi connectivity index (χ1) is 16.2. The summed E-state index contributed by atoms with van der Waals surface area (Å²) < 4.78 is 53.2. The number of oxime groups is 1. The van der Waals surface area contributed by atoms with Crippen molar-refractivity contribution in [1.29, 1.82) is 0 Å². The Hall–Kier alpha value is -3.39. The maximum Gasteiger partial charge on any atom is 0.416 e. The molecule has 34 heavy (non-hydrogen) atoms. The van der Waals surface area contributed by atoms with E-state index in [0.717, 1.165) is 23.8 Å². The van der Waals surface area contributed by atoms with Crippen molar-refractivity contribution in [1.82, 2.24) is 4.90 Å². The molecule has 3 aromatic rings. The van der Waals surface area contributed by atoms with E-state index in [1.54, 1.807) is 24.3 Å². The summed E-state index contributed by atoms with van der Waals surface area (Å²) in [5.41, 5.74) is 1.04. The second-order valence-corrected chi connectivity index (χ2v) is 8.31. The number of carbonyl (C=O) groups is 1. The van der Waals surface area contributed by atoms with E-state index in [9.17, 15) is 22.4 Å². The van der Waals surface area contributed by atoms with Crippen LogP contribution in [0.4, 0.5) is 17.6 Å². The Bertz CT molecular complexity index is 1210. The zero-order valence-corrected chi connectivity index (χ0v) is 18.5. The third-order valence-electron chi connectivity index (χ3n) is 5.32. The number of carbonyl (C=O) groups excluding carboxylic acids is 1. The van der Waals surface area contributed by atoms with Gasteiger partial charge >= 0.3 is 6.18 Å². The van der Waals surface area contributed by atoms with Crippen molar-refractivity contribution < 1.29 is 27.2 Å². The van der Waals surface area contributed by atoms with Crippen LogP contribution >= 0.6 is 11.6 Å². The molecule has 0 saturated heterocycles. The van der Waals surface area contributed by atoms with Crippen LogP contribution in [0.5, 0.6) is 0 Å². The summed E-state index contributed by atoms with van der Waals surface area (Å²) in [5, 5.41) is 4.67. The van der Waals surface area contributed by atoms with E-state index in [1.807, 2.05) is 0 Å². The molecule has 1 amide bonds. The van der Waals surface area contributed by atoms with Gasteiger partial charge in [0.2, 0.25) is 0 Å². The normalized spacial score (nSPS) is 15.6. The average Bonchev–Trinajstić information content (AvgIpc) is 3.27. The van der Waals surface area contributed by atoms with E-state index in [2.05, 4.69) is 5.16 Å². The second kappa shape index (κ2) is 9.85. The molecule has 0 radical (unpaired) electrons.